The highest BCUT2D eigenvalue weighted by Crippen LogP contribution is 2.51. The number of ether oxygens (including phenoxy) is 1. The number of phenolic OH excluding ortho intramolecular Hbond substituents is 1. The number of likely N-dealkylation sites (tertiary alicyclic amines) is 1. The lowest BCUT2D eigenvalue weighted by molar-refractivity contribution is -0.140. The number of allylic oxidation sites excluding steroid dienone is 1. The zero-order valence-corrected chi connectivity index (χ0v) is 25.3. The number of aromatic hydroxyl groups is 1. The van der Waals surface area contributed by atoms with E-state index in [1.807, 2.05) is 41.8 Å². The Hall–Kier alpha value is -3.28. The maximum Gasteiger partial charge on any atom is 0.455 e. The molecule has 222 valence electrons. The highest BCUT2D eigenvalue weighted by atomic mass is 35.5. The topological polar surface area (TPSA) is 109 Å². The van der Waals surface area contributed by atoms with Crippen LogP contribution in [0, 0.1) is 17.8 Å². The minimum absolute atomic E-state index is 0.0827. The van der Waals surface area contributed by atoms with E-state index in [1.54, 1.807) is 25.4 Å². The van der Waals surface area contributed by atoms with Crippen molar-refractivity contribution in [3.05, 3.63) is 92.4 Å². The van der Waals surface area contributed by atoms with E-state index in [-0.39, 0.29) is 36.3 Å². The molecule has 0 bridgehead atoms. The number of hydrogen-bond donors (Lipinski definition) is 2. The fourth-order valence-electron chi connectivity index (χ4n) is 6.78. The molecule has 6 rings (SSSR count). The molecule has 8 nitrogen and oxygen atoms in total. The van der Waals surface area contributed by atoms with Gasteiger partial charge < -0.3 is 19.5 Å². The Kier molecular flexibility index (Phi) is 8.84. The number of carbonyl (C=O) groups is 2. The molecule has 4 atom stereocenters. The van der Waals surface area contributed by atoms with Crippen LogP contribution in [0.2, 0.25) is 11.3 Å². The molecule has 3 aliphatic rings. The molecule has 2 amide bonds. The number of nitrogens with zero attached hydrogens (tertiary/aromatic N) is 2. The molecular weight excluding hydrogens is 587 g/mol. The summed E-state index contributed by atoms with van der Waals surface area (Å²) < 4.78 is 11.7. The summed E-state index contributed by atoms with van der Waals surface area (Å²) in [5.41, 5.74) is 4.36. The number of amides is 2. The van der Waals surface area contributed by atoms with Gasteiger partial charge in [-0.3, -0.25) is 19.5 Å². The Bertz CT molecular complexity index is 1560. The first-order valence-corrected chi connectivity index (χ1v) is 15.6. The third-order valence-corrected chi connectivity index (χ3v) is 9.78. The minimum atomic E-state index is -1.07. The molecule has 2 saturated heterocycles. The first kappa shape index (κ1) is 29.8. The van der Waals surface area contributed by atoms with Crippen molar-refractivity contribution in [2.24, 2.45) is 17.8 Å². The van der Waals surface area contributed by atoms with Crippen molar-refractivity contribution >= 4 is 53.5 Å². The second-order valence-corrected chi connectivity index (χ2v) is 12.7. The fourth-order valence-corrected chi connectivity index (χ4v) is 7.71. The van der Waals surface area contributed by atoms with Gasteiger partial charge in [0.1, 0.15) is 5.75 Å². The van der Waals surface area contributed by atoms with Gasteiger partial charge in [-0.15, -0.1) is 11.3 Å². The first-order chi connectivity index (χ1) is 20.8. The lowest BCUT2D eigenvalue weighted by Crippen LogP contribution is -2.46. The predicted octanol–water partition coefficient (Wildman–Crippen LogP) is 5.47. The Morgan fingerprint density at radius 3 is 2.79 bits per heavy atom. The summed E-state index contributed by atoms with van der Waals surface area (Å²) in [5.74, 6) is -1.58. The third kappa shape index (κ3) is 6.07. The number of thiophene rings is 1. The number of pyridine rings is 1. The summed E-state index contributed by atoms with van der Waals surface area (Å²) in [4.78, 5) is 34.3. The number of phenols is 1. The van der Waals surface area contributed by atoms with E-state index in [2.05, 4.69) is 4.98 Å². The lowest BCUT2D eigenvalue weighted by atomic mass is 9.58. The average molecular weight is 619 g/mol. The van der Waals surface area contributed by atoms with E-state index in [0.29, 0.717) is 30.9 Å². The molecule has 1 aliphatic carbocycles. The quantitative estimate of drug-likeness (QED) is 0.186. The smallest absolute Gasteiger partial charge is 0.455 e. The van der Waals surface area contributed by atoms with Crippen molar-refractivity contribution in [3.8, 4) is 5.75 Å². The first-order valence-electron chi connectivity index (χ1n) is 14.4. The van der Waals surface area contributed by atoms with Crippen molar-refractivity contribution < 1.29 is 29.1 Å². The number of benzene rings is 1. The highest BCUT2D eigenvalue weighted by molar-refractivity contribution is 7.09. The number of rotatable bonds is 9. The summed E-state index contributed by atoms with van der Waals surface area (Å²) in [6, 6.07) is 14.4. The van der Waals surface area contributed by atoms with Crippen molar-refractivity contribution in [3.63, 3.8) is 0 Å². The Morgan fingerprint density at radius 2 is 2.07 bits per heavy atom. The molecule has 2 fully saturated rings. The minimum Gasteiger partial charge on any atom is -0.508 e. The van der Waals surface area contributed by atoms with Gasteiger partial charge in [0, 0.05) is 18.2 Å². The Balaban J connectivity index is 1.31. The van der Waals surface area contributed by atoms with E-state index in [0.717, 1.165) is 32.9 Å². The van der Waals surface area contributed by atoms with E-state index < -0.39 is 25.1 Å². The second-order valence-electron chi connectivity index (χ2n) is 11.2. The summed E-state index contributed by atoms with van der Waals surface area (Å²) in [5, 5.41) is 23.1. The molecule has 0 spiro atoms. The van der Waals surface area contributed by atoms with Gasteiger partial charge in [-0.2, -0.15) is 0 Å². The summed E-state index contributed by atoms with van der Waals surface area (Å²) >= 11 is 7.96. The summed E-state index contributed by atoms with van der Waals surface area (Å²) in [7, 11) is 0.556. The van der Waals surface area contributed by atoms with Gasteiger partial charge in [0.25, 0.3) is 0 Å². The SMILES string of the molecule is COCC1=C2[C@@H](CC/C(=C/c3ccc(O)cc3Cl)c3ccccn3)OB(O)C[C@@H]2[C@@H]2C(=O)N(Cc3cccs3)C(=O)[C@@H]2C1. The van der Waals surface area contributed by atoms with Crippen LogP contribution in [0.3, 0.4) is 0 Å². The maximum atomic E-state index is 13.8. The fraction of sp³-hybridized carbons (Fsp3) is 0.344. The number of imide groups is 1. The molecule has 2 N–H and O–H groups in total. The molecule has 2 aliphatic heterocycles. The average Bonchev–Trinajstić information content (AvgIpc) is 3.59. The van der Waals surface area contributed by atoms with Gasteiger partial charge in [0.2, 0.25) is 11.8 Å². The molecule has 1 aromatic carbocycles. The molecule has 0 unspecified atom stereocenters. The largest absolute Gasteiger partial charge is 0.508 e. The number of halogens is 1. The summed E-state index contributed by atoms with van der Waals surface area (Å²) in [6.45, 7) is 0.591. The molecule has 43 heavy (non-hydrogen) atoms. The monoisotopic (exact) mass is 618 g/mol. The number of aromatic nitrogens is 1. The van der Waals surface area contributed by atoms with Crippen LogP contribution in [-0.2, 0) is 25.5 Å². The van der Waals surface area contributed by atoms with Crippen LogP contribution in [0.1, 0.15) is 35.4 Å². The van der Waals surface area contributed by atoms with Crippen LogP contribution in [-0.4, -0.2) is 58.8 Å². The van der Waals surface area contributed by atoms with Crippen molar-refractivity contribution in [2.45, 2.75) is 38.2 Å². The van der Waals surface area contributed by atoms with Crippen LogP contribution >= 0.6 is 22.9 Å². The zero-order valence-electron chi connectivity index (χ0n) is 23.7. The maximum absolute atomic E-state index is 13.8. The van der Waals surface area contributed by atoms with Gasteiger partial charge in [-0.25, -0.2) is 0 Å². The van der Waals surface area contributed by atoms with Crippen molar-refractivity contribution in [1.29, 1.82) is 0 Å². The van der Waals surface area contributed by atoms with Crippen LogP contribution in [0.25, 0.3) is 11.6 Å². The molecule has 3 aromatic rings. The van der Waals surface area contributed by atoms with Crippen LogP contribution in [0.15, 0.2) is 71.3 Å². The Labute approximate surface area is 259 Å². The van der Waals surface area contributed by atoms with Gasteiger partial charge in [-0.05, 0) is 102 Å². The molecule has 0 saturated carbocycles. The standard InChI is InChI=1S/C32H32BClN2O6S/c1-41-18-21-14-24-30(32(39)36(31(24)38)17-23-5-4-12-43-23)25-16-33(40)42-28(29(21)25)10-8-20(27-6-2-3-11-35-27)13-19-7-9-22(37)15-26(19)34/h2-7,9,11-13,15,24-25,28,30,37,40H,8,10,14,16-18H2,1H3/b20-13-/t24-,25+,28-,30-/m1/s1. The number of methoxy groups -OCH3 is 1. The van der Waals surface area contributed by atoms with E-state index in [4.69, 9.17) is 21.0 Å². The molecular formula is C32H32BClN2O6S. The van der Waals surface area contributed by atoms with Crippen molar-refractivity contribution in [2.75, 3.05) is 13.7 Å². The van der Waals surface area contributed by atoms with Crippen LogP contribution in [0.5, 0.6) is 5.75 Å². The number of hydrogen-bond acceptors (Lipinski definition) is 8. The Morgan fingerprint density at radius 1 is 1.21 bits per heavy atom. The molecule has 2 aromatic heterocycles. The third-order valence-electron chi connectivity index (χ3n) is 8.60. The van der Waals surface area contributed by atoms with E-state index >= 15 is 0 Å². The zero-order chi connectivity index (χ0) is 30.1. The van der Waals surface area contributed by atoms with E-state index in [1.165, 1.54) is 22.3 Å². The van der Waals surface area contributed by atoms with Gasteiger partial charge >= 0.3 is 7.12 Å². The van der Waals surface area contributed by atoms with Gasteiger partial charge in [0.15, 0.2) is 0 Å². The summed E-state index contributed by atoms with van der Waals surface area (Å²) in [6.07, 6.45) is 4.92. The normalized spacial score (nSPS) is 24.0. The second kappa shape index (κ2) is 12.8. The van der Waals surface area contributed by atoms with Crippen LogP contribution in [0.4, 0.5) is 0 Å². The molecule has 4 heterocycles. The molecule has 0 radical (unpaired) electrons. The highest BCUT2D eigenvalue weighted by Gasteiger charge is 2.57. The van der Waals surface area contributed by atoms with Gasteiger partial charge in [0.05, 0.1) is 41.8 Å². The lowest BCUT2D eigenvalue weighted by Gasteiger charge is -2.43. The number of fused-ring (bicyclic) bond motifs is 3. The predicted molar refractivity (Wildman–Crippen MR) is 166 cm³/mol. The van der Waals surface area contributed by atoms with Crippen LogP contribution < -0.4 is 0 Å². The van der Waals surface area contributed by atoms with Gasteiger partial charge in [-0.1, -0.05) is 23.7 Å². The molecule has 11 heteroatoms. The number of carbonyl (C=O) groups excluding carboxylic acids is 2. The van der Waals surface area contributed by atoms with E-state index in [9.17, 15) is 19.7 Å². The van der Waals surface area contributed by atoms with Crippen molar-refractivity contribution in [1.82, 2.24) is 9.88 Å².